The zero-order valence-corrected chi connectivity index (χ0v) is 10.6. The topological polar surface area (TPSA) is 21.3 Å². The molecule has 3 unspecified atom stereocenters. The van der Waals surface area contributed by atoms with E-state index in [1.165, 1.54) is 31.2 Å². The van der Waals surface area contributed by atoms with Crippen LogP contribution in [0.5, 0.6) is 0 Å². The summed E-state index contributed by atoms with van der Waals surface area (Å²) in [7, 11) is 0. The summed E-state index contributed by atoms with van der Waals surface area (Å²) in [4.78, 5) is 0. The number of hydrogen-bond donors (Lipinski definition) is 1. The first-order valence-electron chi connectivity index (χ1n) is 6.47. The van der Waals surface area contributed by atoms with Crippen LogP contribution >= 0.6 is 11.6 Å². The normalized spacial score (nSPS) is 33.1. The quantitative estimate of drug-likeness (QED) is 0.825. The van der Waals surface area contributed by atoms with Crippen molar-refractivity contribution in [2.24, 2.45) is 5.92 Å². The third-order valence-corrected chi connectivity index (χ3v) is 4.14. The SMILES string of the molecule is Clc1ccc(C2NCC3CCCCC3O2)cc1. The Balaban J connectivity index is 1.71. The van der Waals surface area contributed by atoms with Gasteiger partial charge >= 0.3 is 0 Å². The van der Waals surface area contributed by atoms with Gasteiger partial charge in [-0.1, -0.05) is 36.6 Å². The first-order valence-corrected chi connectivity index (χ1v) is 6.85. The van der Waals surface area contributed by atoms with Crippen LogP contribution in [-0.4, -0.2) is 12.6 Å². The molecule has 2 nitrogen and oxygen atoms in total. The molecule has 92 valence electrons. The lowest BCUT2D eigenvalue weighted by Crippen LogP contribution is -2.45. The zero-order chi connectivity index (χ0) is 11.7. The van der Waals surface area contributed by atoms with Gasteiger partial charge in [-0.15, -0.1) is 0 Å². The van der Waals surface area contributed by atoms with Gasteiger partial charge in [-0.05, 0) is 36.5 Å². The molecule has 1 heterocycles. The molecule has 1 N–H and O–H groups in total. The Bertz CT molecular complexity index is 378. The van der Waals surface area contributed by atoms with Crippen LogP contribution < -0.4 is 5.32 Å². The first kappa shape index (κ1) is 11.5. The van der Waals surface area contributed by atoms with Crippen LogP contribution in [0, 0.1) is 5.92 Å². The molecule has 0 amide bonds. The van der Waals surface area contributed by atoms with Gasteiger partial charge in [0, 0.05) is 11.6 Å². The van der Waals surface area contributed by atoms with Crippen LogP contribution in [0.3, 0.4) is 0 Å². The fourth-order valence-electron chi connectivity index (χ4n) is 2.90. The van der Waals surface area contributed by atoms with E-state index in [0.717, 1.165) is 11.6 Å². The van der Waals surface area contributed by atoms with E-state index in [2.05, 4.69) is 5.32 Å². The second-order valence-corrected chi connectivity index (χ2v) is 5.50. The van der Waals surface area contributed by atoms with Gasteiger partial charge in [0.2, 0.25) is 0 Å². The number of nitrogens with one attached hydrogen (secondary N) is 1. The Labute approximate surface area is 107 Å². The van der Waals surface area contributed by atoms with E-state index < -0.39 is 0 Å². The molecule has 2 aliphatic rings. The second kappa shape index (κ2) is 4.97. The minimum atomic E-state index is 0.0478. The second-order valence-electron chi connectivity index (χ2n) is 5.06. The third-order valence-electron chi connectivity index (χ3n) is 3.89. The van der Waals surface area contributed by atoms with Crippen LogP contribution in [0.1, 0.15) is 37.5 Å². The summed E-state index contributed by atoms with van der Waals surface area (Å²) >= 11 is 5.90. The smallest absolute Gasteiger partial charge is 0.134 e. The van der Waals surface area contributed by atoms with Crippen molar-refractivity contribution in [2.45, 2.75) is 38.0 Å². The van der Waals surface area contributed by atoms with Crippen molar-refractivity contribution >= 4 is 11.6 Å². The molecule has 3 heteroatoms. The highest BCUT2D eigenvalue weighted by Gasteiger charge is 2.33. The van der Waals surface area contributed by atoms with E-state index >= 15 is 0 Å². The van der Waals surface area contributed by atoms with Gasteiger partial charge in [-0.2, -0.15) is 0 Å². The molecule has 0 bridgehead atoms. The van der Waals surface area contributed by atoms with Crippen LogP contribution in [0.25, 0.3) is 0 Å². The summed E-state index contributed by atoms with van der Waals surface area (Å²) in [6, 6.07) is 7.94. The Morgan fingerprint density at radius 1 is 1.12 bits per heavy atom. The van der Waals surface area contributed by atoms with E-state index in [0.29, 0.717) is 12.0 Å². The van der Waals surface area contributed by atoms with Crippen molar-refractivity contribution in [1.29, 1.82) is 0 Å². The molecule has 2 fully saturated rings. The number of hydrogen-bond acceptors (Lipinski definition) is 2. The fourth-order valence-corrected chi connectivity index (χ4v) is 3.03. The lowest BCUT2D eigenvalue weighted by atomic mass is 9.85. The Kier molecular flexibility index (Phi) is 3.37. The van der Waals surface area contributed by atoms with Crippen LogP contribution in [0.2, 0.25) is 5.02 Å². The molecule has 3 atom stereocenters. The number of rotatable bonds is 1. The van der Waals surface area contributed by atoms with Gasteiger partial charge in [-0.25, -0.2) is 0 Å². The summed E-state index contributed by atoms with van der Waals surface area (Å²) in [5, 5.41) is 4.27. The van der Waals surface area contributed by atoms with E-state index in [1.54, 1.807) is 0 Å². The van der Waals surface area contributed by atoms with Crippen molar-refractivity contribution in [2.75, 3.05) is 6.54 Å². The van der Waals surface area contributed by atoms with E-state index in [-0.39, 0.29) is 6.23 Å². The minimum Gasteiger partial charge on any atom is -0.356 e. The highest BCUT2D eigenvalue weighted by molar-refractivity contribution is 6.30. The molecule has 0 radical (unpaired) electrons. The summed E-state index contributed by atoms with van der Waals surface area (Å²) in [5.41, 5.74) is 1.18. The molecule has 1 aromatic rings. The van der Waals surface area contributed by atoms with Crippen molar-refractivity contribution in [1.82, 2.24) is 5.32 Å². The van der Waals surface area contributed by atoms with E-state index in [9.17, 15) is 0 Å². The van der Waals surface area contributed by atoms with Crippen LogP contribution in [0.4, 0.5) is 0 Å². The van der Waals surface area contributed by atoms with Crippen molar-refractivity contribution in [3.63, 3.8) is 0 Å². The average Bonchev–Trinajstić information content (AvgIpc) is 2.39. The summed E-state index contributed by atoms with van der Waals surface area (Å²) in [6.45, 7) is 1.08. The van der Waals surface area contributed by atoms with Crippen molar-refractivity contribution in [3.8, 4) is 0 Å². The maximum absolute atomic E-state index is 6.16. The Morgan fingerprint density at radius 3 is 2.71 bits per heavy atom. The predicted octanol–water partition coefficient (Wildman–Crippen LogP) is 3.52. The predicted molar refractivity (Wildman–Crippen MR) is 69.0 cm³/mol. The Morgan fingerprint density at radius 2 is 1.88 bits per heavy atom. The molecule has 0 spiro atoms. The van der Waals surface area contributed by atoms with Gasteiger partial charge in [-0.3, -0.25) is 5.32 Å². The van der Waals surface area contributed by atoms with Crippen molar-refractivity contribution in [3.05, 3.63) is 34.9 Å². The zero-order valence-electron chi connectivity index (χ0n) is 9.86. The lowest BCUT2D eigenvalue weighted by Gasteiger charge is -2.40. The van der Waals surface area contributed by atoms with Crippen LogP contribution in [-0.2, 0) is 4.74 Å². The molecular formula is C14H18ClNO. The highest BCUT2D eigenvalue weighted by Crippen LogP contribution is 2.33. The maximum atomic E-state index is 6.16. The molecule has 3 rings (SSSR count). The summed E-state index contributed by atoms with van der Waals surface area (Å²) in [6.07, 6.45) is 5.70. The lowest BCUT2D eigenvalue weighted by molar-refractivity contribution is -0.109. The average molecular weight is 252 g/mol. The van der Waals surface area contributed by atoms with Gasteiger partial charge in [0.05, 0.1) is 6.10 Å². The Hall–Kier alpha value is -0.570. The van der Waals surface area contributed by atoms with Gasteiger partial charge in [0.25, 0.3) is 0 Å². The third kappa shape index (κ3) is 2.49. The number of halogens is 1. The molecule has 0 aromatic heterocycles. The molecule has 1 saturated heterocycles. The monoisotopic (exact) mass is 251 g/mol. The number of fused-ring (bicyclic) bond motifs is 1. The first-order chi connectivity index (χ1) is 8.33. The molecule has 17 heavy (non-hydrogen) atoms. The molecule has 1 saturated carbocycles. The summed E-state index contributed by atoms with van der Waals surface area (Å²) in [5.74, 6) is 0.715. The van der Waals surface area contributed by atoms with Crippen molar-refractivity contribution < 1.29 is 4.74 Å². The van der Waals surface area contributed by atoms with Crippen LogP contribution in [0.15, 0.2) is 24.3 Å². The highest BCUT2D eigenvalue weighted by atomic mass is 35.5. The number of ether oxygens (including phenoxy) is 1. The molecule has 1 aliphatic heterocycles. The van der Waals surface area contributed by atoms with Gasteiger partial charge in [0.1, 0.15) is 6.23 Å². The minimum absolute atomic E-state index is 0.0478. The summed E-state index contributed by atoms with van der Waals surface area (Å²) < 4.78 is 6.16. The fraction of sp³-hybridized carbons (Fsp3) is 0.571. The molecule has 1 aromatic carbocycles. The largest absolute Gasteiger partial charge is 0.356 e. The number of benzene rings is 1. The standard InChI is InChI=1S/C14H18ClNO/c15-12-7-5-10(6-8-12)14-16-9-11-3-1-2-4-13(11)17-14/h5-8,11,13-14,16H,1-4,9H2. The molecular weight excluding hydrogens is 234 g/mol. The molecule has 1 aliphatic carbocycles. The van der Waals surface area contributed by atoms with E-state index in [1.807, 2.05) is 24.3 Å². The van der Waals surface area contributed by atoms with Gasteiger partial charge in [0.15, 0.2) is 0 Å². The van der Waals surface area contributed by atoms with Gasteiger partial charge < -0.3 is 4.74 Å². The maximum Gasteiger partial charge on any atom is 0.134 e. The van der Waals surface area contributed by atoms with E-state index in [4.69, 9.17) is 16.3 Å².